The monoisotopic (exact) mass is 293 g/mol. The molecular formula is C18H35N3. The maximum absolute atomic E-state index is 2.80. The molecule has 2 aliphatic heterocycles. The minimum absolute atomic E-state index is 0.731. The predicted molar refractivity (Wildman–Crippen MR) is 89.8 cm³/mol. The molecule has 0 aromatic carbocycles. The number of hydrogen-bond acceptors (Lipinski definition) is 3. The summed E-state index contributed by atoms with van der Waals surface area (Å²) >= 11 is 0. The Balaban J connectivity index is 1.41. The summed E-state index contributed by atoms with van der Waals surface area (Å²) in [6.07, 6.45) is 10.1. The van der Waals surface area contributed by atoms with Crippen molar-refractivity contribution >= 4 is 0 Å². The SMILES string of the molecule is CC(C)N1CCC(N2CCN(C3CCCCC3)CC2)CC1. The molecule has 0 spiro atoms. The van der Waals surface area contributed by atoms with E-state index in [0.717, 1.165) is 18.1 Å². The van der Waals surface area contributed by atoms with Gasteiger partial charge in [0, 0.05) is 44.3 Å². The Morgan fingerprint density at radius 3 is 1.57 bits per heavy atom. The Kier molecular flexibility index (Phi) is 5.58. The molecule has 1 saturated carbocycles. The van der Waals surface area contributed by atoms with Gasteiger partial charge < -0.3 is 4.90 Å². The molecule has 2 saturated heterocycles. The Hall–Kier alpha value is -0.120. The molecule has 0 amide bonds. The van der Waals surface area contributed by atoms with Crippen LogP contribution in [0.1, 0.15) is 58.8 Å². The van der Waals surface area contributed by atoms with Crippen molar-refractivity contribution in [2.75, 3.05) is 39.3 Å². The first-order valence-corrected chi connectivity index (χ1v) is 9.46. The van der Waals surface area contributed by atoms with E-state index in [-0.39, 0.29) is 0 Å². The highest BCUT2D eigenvalue weighted by Crippen LogP contribution is 2.25. The lowest BCUT2D eigenvalue weighted by Gasteiger charge is -2.45. The van der Waals surface area contributed by atoms with Crippen LogP contribution < -0.4 is 0 Å². The average molecular weight is 293 g/mol. The molecule has 3 heteroatoms. The first-order chi connectivity index (χ1) is 10.2. The molecule has 1 aliphatic carbocycles. The quantitative estimate of drug-likeness (QED) is 0.792. The zero-order valence-corrected chi connectivity index (χ0v) is 14.3. The highest BCUT2D eigenvalue weighted by Gasteiger charge is 2.30. The Morgan fingerprint density at radius 1 is 0.619 bits per heavy atom. The van der Waals surface area contributed by atoms with Gasteiger partial charge in [-0.25, -0.2) is 0 Å². The summed E-state index contributed by atoms with van der Waals surface area (Å²) in [5.74, 6) is 0. The second-order valence-corrected chi connectivity index (χ2v) is 7.72. The largest absolute Gasteiger partial charge is 0.301 e. The smallest absolute Gasteiger partial charge is 0.0121 e. The average Bonchev–Trinajstić information content (AvgIpc) is 2.56. The molecule has 122 valence electrons. The molecule has 0 N–H and O–H groups in total. The van der Waals surface area contributed by atoms with Gasteiger partial charge in [-0.15, -0.1) is 0 Å². The maximum atomic E-state index is 2.80. The van der Waals surface area contributed by atoms with Crippen molar-refractivity contribution in [3.63, 3.8) is 0 Å². The molecule has 2 heterocycles. The van der Waals surface area contributed by atoms with Crippen LogP contribution in [0.15, 0.2) is 0 Å². The summed E-state index contributed by atoms with van der Waals surface area (Å²) in [7, 11) is 0. The number of nitrogens with zero attached hydrogens (tertiary/aromatic N) is 3. The highest BCUT2D eigenvalue weighted by atomic mass is 15.3. The van der Waals surface area contributed by atoms with Crippen molar-refractivity contribution in [3.8, 4) is 0 Å². The van der Waals surface area contributed by atoms with Crippen molar-refractivity contribution < 1.29 is 0 Å². The minimum Gasteiger partial charge on any atom is -0.301 e. The van der Waals surface area contributed by atoms with E-state index in [4.69, 9.17) is 0 Å². The summed E-state index contributed by atoms with van der Waals surface area (Å²) in [6, 6.07) is 2.52. The van der Waals surface area contributed by atoms with Gasteiger partial charge in [0.15, 0.2) is 0 Å². The Bertz CT molecular complexity index is 296. The van der Waals surface area contributed by atoms with Gasteiger partial charge in [0.25, 0.3) is 0 Å². The predicted octanol–water partition coefficient (Wildman–Crippen LogP) is 2.81. The van der Waals surface area contributed by atoms with Crippen molar-refractivity contribution in [2.45, 2.75) is 76.9 Å². The van der Waals surface area contributed by atoms with E-state index in [1.807, 2.05) is 0 Å². The molecule has 0 unspecified atom stereocenters. The molecule has 0 radical (unpaired) electrons. The van der Waals surface area contributed by atoms with E-state index in [9.17, 15) is 0 Å². The molecular weight excluding hydrogens is 258 g/mol. The zero-order chi connectivity index (χ0) is 14.7. The summed E-state index contributed by atoms with van der Waals surface area (Å²) in [6.45, 7) is 12.6. The Labute approximate surface area is 131 Å². The molecule has 3 fully saturated rings. The fourth-order valence-corrected chi connectivity index (χ4v) is 4.68. The van der Waals surface area contributed by atoms with Crippen LogP contribution >= 0.6 is 0 Å². The van der Waals surface area contributed by atoms with E-state index < -0.39 is 0 Å². The van der Waals surface area contributed by atoms with Crippen molar-refractivity contribution in [2.24, 2.45) is 0 Å². The molecule has 21 heavy (non-hydrogen) atoms. The third-order valence-corrected chi connectivity index (χ3v) is 6.19. The lowest BCUT2D eigenvalue weighted by Crippen LogP contribution is -2.55. The lowest BCUT2D eigenvalue weighted by molar-refractivity contribution is 0.0304. The number of piperidine rings is 1. The van der Waals surface area contributed by atoms with E-state index in [1.165, 1.54) is 84.2 Å². The molecule has 0 atom stereocenters. The van der Waals surface area contributed by atoms with Crippen LogP contribution in [0.4, 0.5) is 0 Å². The number of piperazine rings is 1. The van der Waals surface area contributed by atoms with Crippen LogP contribution in [0.5, 0.6) is 0 Å². The molecule has 0 bridgehead atoms. The van der Waals surface area contributed by atoms with Gasteiger partial charge in [-0.05, 0) is 52.6 Å². The van der Waals surface area contributed by atoms with Gasteiger partial charge in [-0.2, -0.15) is 0 Å². The van der Waals surface area contributed by atoms with E-state index in [2.05, 4.69) is 28.5 Å². The topological polar surface area (TPSA) is 9.72 Å². The standard InChI is InChI=1S/C18H35N3/c1-16(2)19-10-8-18(9-11-19)21-14-12-20(13-15-21)17-6-4-3-5-7-17/h16-18H,3-15H2,1-2H3. The van der Waals surface area contributed by atoms with Gasteiger partial charge >= 0.3 is 0 Å². The minimum atomic E-state index is 0.731. The van der Waals surface area contributed by atoms with Gasteiger partial charge in [0.05, 0.1) is 0 Å². The lowest BCUT2D eigenvalue weighted by atomic mass is 9.93. The number of rotatable bonds is 3. The summed E-state index contributed by atoms with van der Waals surface area (Å²) < 4.78 is 0. The van der Waals surface area contributed by atoms with Crippen LogP contribution in [0.2, 0.25) is 0 Å². The second kappa shape index (κ2) is 7.43. The number of hydrogen-bond donors (Lipinski definition) is 0. The second-order valence-electron chi connectivity index (χ2n) is 7.72. The van der Waals surface area contributed by atoms with Crippen molar-refractivity contribution in [3.05, 3.63) is 0 Å². The van der Waals surface area contributed by atoms with Gasteiger partial charge in [-0.1, -0.05) is 19.3 Å². The molecule has 3 aliphatic rings. The third kappa shape index (κ3) is 4.00. The fourth-order valence-electron chi connectivity index (χ4n) is 4.68. The summed E-state index contributed by atoms with van der Waals surface area (Å²) in [5.41, 5.74) is 0. The third-order valence-electron chi connectivity index (χ3n) is 6.19. The van der Waals surface area contributed by atoms with Crippen molar-refractivity contribution in [1.82, 2.24) is 14.7 Å². The maximum Gasteiger partial charge on any atom is 0.0121 e. The summed E-state index contributed by atoms with van der Waals surface area (Å²) in [5, 5.41) is 0. The molecule has 3 rings (SSSR count). The zero-order valence-electron chi connectivity index (χ0n) is 14.3. The van der Waals surface area contributed by atoms with Crippen molar-refractivity contribution in [1.29, 1.82) is 0 Å². The van der Waals surface area contributed by atoms with E-state index >= 15 is 0 Å². The van der Waals surface area contributed by atoms with Crippen LogP contribution in [0.25, 0.3) is 0 Å². The van der Waals surface area contributed by atoms with E-state index in [0.29, 0.717) is 0 Å². The molecule has 3 nitrogen and oxygen atoms in total. The van der Waals surface area contributed by atoms with Crippen LogP contribution in [-0.2, 0) is 0 Å². The first-order valence-electron chi connectivity index (χ1n) is 9.46. The first kappa shape index (κ1) is 15.8. The van der Waals surface area contributed by atoms with Crippen LogP contribution in [-0.4, -0.2) is 72.1 Å². The number of likely N-dealkylation sites (tertiary alicyclic amines) is 1. The fraction of sp³-hybridized carbons (Fsp3) is 1.00. The van der Waals surface area contributed by atoms with E-state index in [1.54, 1.807) is 0 Å². The van der Waals surface area contributed by atoms with Gasteiger partial charge in [0.1, 0.15) is 0 Å². The van der Waals surface area contributed by atoms with Crippen LogP contribution in [0, 0.1) is 0 Å². The molecule has 0 aromatic rings. The Morgan fingerprint density at radius 2 is 1.10 bits per heavy atom. The van der Waals surface area contributed by atoms with Crippen LogP contribution in [0.3, 0.4) is 0 Å². The summed E-state index contributed by atoms with van der Waals surface area (Å²) in [4.78, 5) is 8.25. The normalized spacial score (nSPS) is 29.3. The highest BCUT2D eigenvalue weighted by molar-refractivity contribution is 4.86. The van der Waals surface area contributed by atoms with Gasteiger partial charge in [-0.3, -0.25) is 9.80 Å². The molecule has 0 aromatic heterocycles. The van der Waals surface area contributed by atoms with Gasteiger partial charge in [0.2, 0.25) is 0 Å².